The van der Waals surface area contributed by atoms with Crippen LogP contribution in [0.2, 0.25) is 0 Å². The largest absolute Gasteiger partial charge is 0.399 e. The van der Waals surface area contributed by atoms with Crippen LogP contribution >= 0.6 is 0 Å². The van der Waals surface area contributed by atoms with Crippen LogP contribution < -0.4 is 4.90 Å². The van der Waals surface area contributed by atoms with Crippen molar-refractivity contribution < 1.29 is 17.6 Å². The zero-order chi connectivity index (χ0) is 14.8. The molecule has 0 atom stereocenters. The topological polar surface area (TPSA) is 59.0 Å². The predicted octanol–water partition coefficient (Wildman–Crippen LogP) is 1.83. The first kappa shape index (κ1) is 14.8. The highest BCUT2D eigenvalue weighted by Crippen LogP contribution is 2.25. The molecule has 0 spiro atoms. The molecule has 2 rings (SSSR count). The molecule has 1 aromatic rings. The molecule has 1 fully saturated rings. The van der Waals surface area contributed by atoms with Gasteiger partial charge < -0.3 is 9.74 Å². The summed E-state index contributed by atoms with van der Waals surface area (Å²) in [5.41, 5.74) is 1.24. The summed E-state index contributed by atoms with van der Waals surface area (Å²) in [7, 11) is -1.91. The van der Waals surface area contributed by atoms with E-state index in [4.69, 9.17) is 4.84 Å². The number of hydrogen-bond acceptors (Lipinski definition) is 5. The van der Waals surface area contributed by atoms with Gasteiger partial charge in [0.15, 0.2) is 9.84 Å². The molecule has 1 heterocycles. The fourth-order valence-electron chi connectivity index (χ4n) is 2.24. The van der Waals surface area contributed by atoms with Gasteiger partial charge >= 0.3 is 0 Å². The molecule has 1 aromatic carbocycles. The third kappa shape index (κ3) is 3.27. The lowest BCUT2D eigenvalue weighted by molar-refractivity contribution is 0.211. The SMILES string of the molecule is CON=C1CCCN(c2ccc(S(C)(=O)=O)cc2F)C1. The quantitative estimate of drug-likeness (QED) is 0.799. The van der Waals surface area contributed by atoms with Gasteiger partial charge in [-0.15, -0.1) is 0 Å². The Morgan fingerprint density at radius 2 is 2.15 bits per heavy atom. The zero-order valence-corrected chi connectivity index (χ0v) is 12.3. The molecule has 0 amide bonds. The fourth-order valence-corrected chi connectivity index (χ4v) is 2.87. The van der Waals surface area contributed by atoms with E-state index in [-0.39, 0.29) is 4.90 Å². The van der Waals surface area contributed by atoms with Crippen molar-refractivity contribution in [3.8, 4) is 0 Å². The zero-order valence-electron chi connectivity index (χ0n) is 11.5. The summed E-state index contributed by atoms with van der Waals surface area (Å²) in [5.74, 6) is -0.536. The van der Waals surface area contributed by atoms with Crippen molar-refractivity contribution in [1.82, 2.24) is 0 Å². The number of piperidine rings is 1. The van der Waals surface area contributed by atoms with Gasteiger partial charge in [0.05, 0.1) is 22.8 Å². The highest BCUT2D eigenvalue weighted by molar-refractivity contribution is 7.90. The number of hydrogen-bond donors (Lipinski definition) is 0. The number of halogens is 1. The first-order chi connectivity index (χ1) is 9.41. The van der Waals surface area contributed by atoms with Gasteiger partial charge in [-0.05, 0) is 31.0 Å². The maximum atomic E-state index is 14.1. The maximum Gasteiger partial charge on any atom is 0.175 e. The van der Waals surface area contributed by atoms with E-state index in [2.05, 4.69) is 5.16 Å². The van der Waals surface area contributed by atoms with E-state index in [0.29, 0.717) is 18.8 Å². The molecule has 1 aliphatic heterocycles. The summed E-state index contributed by atoms with van der Waals surface area (Å²) in [6, 6.07) is 3.99. The molecule has 20 heavy (non-hydrogen) atoms. The lowest BCUT2D eigenvalue weighted by Gasteiger charge is -2.29. The highest BCUT2D eigenvalue weighted by Gasteiger charge is 2.20. The van der Waals surface area contributed by atoms with E-state index in [1.165, 1.54) is 19.2 Å². The minimum absolute atomic E-state index is 0.0125. The molecule has 0 unspecified atom stereocenters. The Labute approximate surface area is 117 Å². The summed E-state index contributed by atoms with van der Waals surface area (Å²) in [5, 5.41) is 3.90. The van der Waals surface area contributed by atoms with Crippen LogP contribution in [0.1, 0.15) is 12.8 Å². The lowest BCUT2D eigenvalue weighted by atomic mass is 10.1. The summed E-state index contributed by atoms with van der Waals surface area (Å²) in [4.78, 5) is 6.57. The summed E-state index contributed by atoms with van der Waals surface area (Å²) in [6.45, 7) is 1.20. The average Bonchev–Trinajstić information content (AvgIpc) is 2.38. The Morgan fingerprint density at radius 3 is 2.75 bits per heavy atom. The third-order valence-electron chi connectivity index (χ3n) is 3.18. The van der Waals surface area contributed by atoms with E-state index >= 15 is 0 Å². The number of nitrogens with zero attached hydrogens (tertiary/aromatic N) is 2. The third-order valence-corrected chi connectivity index (χ3v) is 4.29. The van der Waals surface area contributed by atoms with Crippen molar-refractivity contribution in [1.29, 1.82) is 0 Å². The fraction of sp³-hybridized carbons (Fsp3) is 0.462. The Bertz CT molecular complexity index is 629. The van der Waals surface area contributed by atoms with E-state index in [1.807, 2.05) is 4.90 Å². The second-order valence-corrected chi connectivity index (χ2v) is 6.77. The Balaban J connectivity index is 2.27. The van der Waals surface area contributed by atoms with E-state index in [0.717, 1.165) is 30.9 Å². The van der Waals surface area contributed by atoms with Gasteiger partial charge in [-0.25, -0.2) is 12.8 Å². The molecule has 110 valence electrons. The van der Waals surface area contributed by atoms with Gasteiger partial charge in [-0.3, -0.25) is 0 Å². The minimum Gasteiger partial charge on any atom is -0.399 e. The second-order valence-electron chi connectivity index (χ2n) is 4.75. The molecule has 1 saturated heterocycles. The number of sulfone groups is 1. The van der Waals surface area contributed by atoms with Gasteiger partial charge in [0.25, 0.3) is 0 Å². The smallest absolute Gasteiger partial charge is 0.175 e. The average molecular weight is 300 g/mol. The number of oxime groups is 1. The van der Waals surface area contributed by atoms with Crippen molar-refractivity contribution in [2.75, 3.05) is 31.4 Å². The minimum atomic E-state index is -3.39. The molecule has 0 radical (unpaired) electrons. The van der Waals surface area contributed by atoms with Crippen LogP contribution in [0.4, 0.5) is 10.1 Å². The molecule has 0 aliphatic carbocycles. The van der Waals surface area contributed by atoms with Crippen molar-refractivity contribution in [2.24, 2.45) is 5.16 Å². The predicted molar refractivity (Wildman–Crippen MR) is 75.4 cm³/mol. The number of rotatable bonds is 3. The van der Waals surface area contributed by atoms with Gasteiger partial charge in [-0.2, -0.15) is 0 Å². The molecule has 1 aliphatic rings. The van der Waals surface area contributed by atoms with Crippen molar-refractivity contribution in [3.63, 3.8) is 0 Å². The van der Waals surface area contributed by atoms with Crippen molar-refractivity contribution in [2.45, 2.75) is 17.7 Å². The van der Waals surface area contributed by atoms with Gasteiger partial charge in [0.2, 0.25) is 0 Å². The van der Waals surface area contributed by atoms with E-state index < -0.39 is 15.7 Å². The standard InChI is InChI=1S/C13H17FN2O3S/c1-19-15-10-4-3-7-16(9-10)13-6-5-11(8-12(13)14)20(2,17)18/h5-6,8H,3-4,7,9H2,1-2H3. The van der Waals surface area contributed by atoms with Crippen molar-refractivity contribution in [3.05, 3.63) is 24.0 Å². The maximum absolute atomic E-state index is 14.1. The van der Waals surface area contributed by atoms with E-state index in [9.17, 15) is 12.8 Å². The molecular weight excluding hydrogens is 283 g/mol. The van der Waals surface area contributed by atoms with E-state index in [1.54, 1.807) is 0 Å². The van der Waals surface area contributed by atoms with Crippen LogP contribution in [-0.4, -0.2) is 40.6 Å². The summed E-state index contributed by atoms with van der Waals surface area (Å²) >= 11 is 0. The van der Waals surface area contributed by atoms with Crippen LogP contribution in [0, 0.1) is 5.82 Å². The normalized spacial score (nSPS) is 18.4. The van der Waals surface area contributed by atoms with Gasteiger partial charge in [0.1, 0.15) is 12.9 Å². The molecule has 0 N–H and O–H groups in total. The first-order valence-electron chi connectivity index (χ1n) is 6.25. The monoisotopic (exact) mass is 300 g/mol. The lowest BCUT2D eigenvalue weighted by Crippen LogP contribution is -2.36. The molecular formula is C13H17FN2O3S. The molecule has 5 nitrogen and oxygen atoms in total. The molecule has 0 aromatic heterocycles. The van der Waals surface area contributed by atoms with Gasteiger partial charge in [0, 0.05) is 12.8 Å². The Morgan fingerprint density at radius 1 is 1.40 bits per heavy atom. The molecule has 7 heteroatoms. The van der Waals surface area contributed by atoms with Gasteiger partial charge in [-0.1, -0.05) is 5.16 Å². The highest BCUT2D eigenvalue weighted by atomic mass is 32.2. The van der Waals surface area contributed by atoms with Crippen LogP contribution in [0.25, 0.3) is 0 Å². The first-order valence-corrected chi connectivity index (χ1v) is 8.14. The summed E-state index contributed by atoms with van der Waals surface area (Å²) < 4.78 is 36.9. The van der Waals surface area contributed by atoms with Crippen LogP contribution in [0.3, 0.4) is 0 Å². The molecule has 0 bridgehead atoms. The van der Waals surface area contributed by atoms with Crippen LogP contribution in [-0.2, 0) is 14.7 Å². The van der Waals surface area contributed by atoms with Crippen molar-refractivity contribution >= 4 is 21.2 Å². The van der Waals surface area contributed by atoms with Crippen LogP contribution in [0.5, 0.6) is 0 Å². The number of anilines is 1. The number of benzene rings is 1. The van der Waals surface area contributed by atoms with Crippen LogP contribution in [0.15, 0.2) is 28.3 Å². The second kappa shape index (κ2) is 5.78. The Kier molecular flexibility index (Phi) is 4.27. The summed E-state index contributed by atoms with van der Waals surface area (Å²) in [6.07, 6.45) is 2.74. The Hall–Kier alpha value is -1.63. The molecule has 0 saturated carbocycles.